The Kier molecular flexibility index (Phi) is 13.2. The molecule has 0 atom stereocenters. The van der Waals surface area contributed by atoms with Gasteiger partial charge in [-0.15, -0.1) is 0 Å². The monoisotopic (exact) mass is 357 g/mol. The summed E-state index contributed by atoms with van der Waals surface area (Å²) < 4.78 is 10.7. The minimum atomic E-state index is -0.0722. The maximum atomic E-state index is 11.7. The zero-order chi connectivity index (χ0) is 18.2. The molecule has 0 saturated carbocycles. The Bertz CT molecular complexity index is 360. The van der Waals surface area contributed by atoms with E-state index < -0.39 is 0 Å². The summed E-state index contributed by atoms with van der Waals surface area (Å²) in [5.41, 5.74) is 0. The van der Waals surface area contributed by atoms with Crippen LogP contribution in [0.1, 0.15) is 45.4 Å². The van der Waals surface area contributed by atoms with E-state index in [0.717, 1.165) is 65.1 Å². The Hall–Kier alpha value is -1.18. The van der Waals surface area contributed by atoms with Crippen LogP contribution in [0.25, 0.3) is 0 Å². The molecule has 1 saturated heterocycles. The summed E-state index contributed by atoms with van der Waals surface area (Å²) in [6.45, 7) is 9.36. The van der Waals surface area contributed by atoms with Crippen LogP contribution in [0, 0.1) is 0 Å². The largest absolute Gasteiger partial charge is 0.381 e. The van der Waals surface area contributed by atoms with Crippen LogP contribution in [0.15, 0.2) is 0 Å². The second kappa shape index (κ2) is 15.1. The standard InChI is InChI=1S/C18H35N3O4/c1-2-3-13-24-14-5-9-20-18(23)7-6-17(22)19-8-4-10-21-11-15-25-16-12-21/h2-16H2,1H3,(H,19,22)(H,20,23). The van der Waals surface area contributed by atoms with Crippen molar-refractivity contribution in [2.75, 3.05) is 59.2 Å². The number of morpholine rings is 1. The van der Waals surface area contributed by atoms with Crippen LogP contribution < -0.4 is 10.6 Å². The Labute approximate surface area is 151 Å². The van der Waals surface area contributed by atoms with E-state index in [-0.39, 0.29) is 24.7 Å². The Morgan fingerprint density at radius 3 is 2.20 bits per heavy atom. The maximum absolute atomic E-state index is 11.7. The maximum Gasteiger partial charge on any atom is 0.220 e. The SMILES string of the molecule is CCCCOCCCNC(=O)CCC(=O)NCCCN1CCOCC1. The van der Waals surface area contributed by atoms with E-state index in [1.807, 2.05) is 0 Å². The van der Waals surface area contributed by atoms with Gasteiger partial charge in [0.15, 0.2) is 0 Å². The van der Waals surface area contributed by atoms with Gasteiger partial charge in [0.1, 0.15) is 0 Å². The summed E-state index contributed by atoms with van der Waals surface area (Å²) in [6.07, 6.45) is 4.43. The molecule has 1 aliphatic rings. The van der Waals surface area contributed by atoms with Gasteiger partial charge in [0.2, 0.25) is 11.8 Å². The van der Waals surface area contributed by atoms with Gasteiger partial charge in [-0.25, -0.2) is 0 Å². The molecule has 2 amide bonds. The molecule has 1 fully saturated rings. The smallest absolute Gasteiger partial charge is 0.220 e. The minimum Gasteiger partial charge on any atom is -0.381 e. The van der Waals surface area contributed by atoms with Crippen molar-refractivity contribution in [2.24, 2.45) is 0 Å². The van der Waals surface area contributed by atoms with E-state index in [9.17, 15) is 9.59 Å². The molecule has 0 aliphatic carbocycles. The van der Waals surface area contributed by atoms with E-state index in [1.54, 1.807) is 0 Å². The first kappa shape index (κ1) is 21.9. The number of rotatable bonds is 14. The van der Waals surface area contributed by atoms with Crippen LogP contribution in [-0.2, 0) is 19.1 Å². The predicted octanol–water partition coefficient (Wildman–Crippen LogP) is 0.928. The van der Waals surface area contributed by atoms with Crippen molar-refractivity contribution in [3.63, 3.8) is 0 Å². The van der Waals surface area contributed by atoms with Gasteiger partial charge in [-0.3, -0.25) is 14.5 Å². The number of hydrogen-bond acceptors (Lipinski definition) is 5. The molecule has 1 aliphatic heterocycles. The van der Waals surface area contributed by atoms with E-state index in [4.69, 9.17) is 9.47 Å². The summed E-state index contributed by atoms with van der Waals surface area (Å²) in [5.74, 6) is -0.128. The molecule has 0 radical (unpaired) electrons. The first-order valence-corrected chi connectivity index (χ1v) is 9.63. The van der Waals surface area contributed by atoms with E-state index in [1.165, 1.54) is 0 Å². The molecular weight excluding hydrogens is 322 g/mol. The van der Waals surface area contributed by atoms with Gasteiger partial charge >= 0.3 is 0 Å². The Balaban J connectivity index is 1.88. The highest BCUT2D eigenvalue weighted by Gasteiger charge is 2.10. The fourth-order valence-corrected chi connectivity index (χ4v) is 2.51. The fourth-order valence-electron chi connectivity index (χ4n) is 2.51. The minimum absolute atomic E-state index is 0.0555. The van der Waals surface area contributed by atoms with Crippen LogP contribution >= 0.6 is 0 Å². The zero-order valence-corrected chi connectivity index (χ0v) is 15.7. The second-order valence-electron chi connectivity index (χ2n) is 6.33. The van der Waals surface area contributed by atoms with Crippen molar-refractivity contribution in [1.29, 1.82) is 0 Å². The second-order valence-corrected chi connectivity index (χ2v) is 6.33. The van der Waals surface area contributed by atoms with Crippen molar-refractivity contribution >= 4 is 11.8 Å². The average Bonchev–Trinajstić information content (AvgIpc) is 2.63. The van der Waals surface area contributed by atoms with Crippen molar-refractivity contribution < 1.29 is 19.1 Å². The molecule has 0 spiro atoms. The van der Waals surface area contributed by atoms with Gasteiger partial charge in [0, 0.05) is 52.2 Å². The number of ether oxygens (including phenoxy) is 2. The highest BCUT2D eigenvalue weighted by atomic mass is 16.5. The van der Waals surface area contributed by atoms with Gasteiger partial charge < -0.3 is 20.1 Å². The molecule has 7 nitrogen and oxygen atoms in total. The van der Waals surface area contributed by atoms with Gasteiger partial charge in [-0.1, -0.05) is 13.3 Å². The number of nitrogens with zero attached hydrogens (tertiary/aromatic N) is 1. The molecule has 0 bridgehead atoms. The Morgan fingerprint density at radius 2 is 1.56 bits per heavy atom. The number of amides is 2. The van der Waals surface area contributed by atoms with Crippen molar-refractivity contribution in [2.45, 2.75) is 45.4 Å². The average molecular weight is 357 g/mol. The molecule has 0 aromatic heterocycles. The summed E-state index contributed by atoms with van der Waals surface area (Å²) in [5, 5.41) is 5.70. The van der Waals surface area contributed by atoms with E-state index in [0.29, 0.717) is 19.7 Å². The molecule has 2 N–H and O–H groups in total. The third-order valence-electron chi connectivity index (χ3n) is 4.09. The zero-order valence-electron chi connectivity index (χ0n) is 15.7. The van der Waals surface area contributed by atoms with Crippen molar-refractivity contribution in [3.05, 3.63) is 0 Å². The number of unbranched alkanes of at least 4 members (excludes halogenated alkanes) is 1. The molecule has 1 rings (SSSR count). The lowest BCUT2D eigenvalue weighted by atomic mass is 10.2. The molecule has 25 heavy (non-hydrogen) atoms. The molecule has 146 valence electrons. The lowest BCUT2D eigenvalue weighted by Crippen LogP contribution is -2.38. The van der Waals surface area contributed by atoms with Crippen LogP contribution in [0.5, 0.6) is 0 Å². The van der Waals surface area contributed by atoms with Crippen LogP contribution in [0.4, 0.5) is 0 Å². The third-order valence-corrected chi connectivity index (χ3v) is 4.09. The van der Waals surface area contributed by atoms with Crippen molar-refractivity contribution in [1.82, 2.24) is 15.5 Å². The molecule has 7 heteroatoms. The summed E-state index contributed by atoms with van der Waals surface area (Å²) >= 11 is 0. The van der Waals surface area contributed by atoms with Crippen LogP contribution in [-0.4, -0.2) is 75.9 Å². The first-order valence-electron chi connectivity index (χ1n) is 9.63. The lowest BCUT2D eigenvalue weighted by Gasteiger charge is -2.26. The number of nitrogens with one attached hydrogen (secondary N) is 2. The topological polar surface area (TPSA) is 79.9 Å². The molecule has 0 aromatic rings. The molecule has 0 aromatic carbocycles. The Morgan fingerprint density at radius 1 is 0.960 bits per heavy atom. The normalized spacial score (nSPS) is 15.1. The molecule has 1 heterocycles. The lowest BCUT2D eigenvalue weighted by molar-refractivity contribution is -0.126. The quantitative estimate of drug-likeness (QED) is 0.452. The number of hydrogen-bond donors (Lipinski definition) is 2. The van der Waals surface area contributed by atoms with Gasteiger partial charge in [0.05, 0.1) is 13.2 Å². The van der Waals surface area contributed by atoms with E-state index >= 15 is 0 Å². The van der Waals surface area contributed by atoms with Crippen LogP contribution in [0.2, 0.25) is 0 Å². The van der Waals surface area contributed by atoms with Crippen molar-refractivity contribution in [3.8, 4) is 0 Å². The molecular formula is C18H35N3O4. The van der Waals surface area contributed by atoms with Gasteiger partial charge in [0.25, 0.3) is 0 Å². The summed E-state index contributed by atoms with van der Waals surface area (Å²) in [6, 6.07) is 0. The van der Waals surface area contributed by atoms with Gasteiger partial charge in [-0.2, -0.15) is 0 Å². The molecule has 0 unspecified atom stereocenters. The van der Waals surface area contributed by atoms with Crippen LogP contribution in [0.3, 0.4) is 0 Å². The van der Waals surface area contributed by atoms with E-state index in [2.05, 4.69) is 22.5 Å². The number of carbonyl (C=O) groups excluding carboxylic acids is 2. The fraction of sp³-hybridized carbons (Fsp3) is 0.889. The summed E-state index contributed by atoms with van der Waals surface area (Å²) in [4.78, 5) is 25.7. The summed E-state index contributed by atoms with van der Waals surface area (Å²) in [7, 11) is 0. The highest BCUT2D eigenvalue weighted by molar-refractivity contribution is 5.83. The highest BCUT2D eigenvalue weighted by Crippen LogP contribution is 1.97. The van der Waals surface area contributed by atoms with Gasteiger partial charge in [-0.05, 0) is 25.8 Å². The number of carbonyl (C=O) groups is 2. The predicted molar refractivity (Wildman–Crippen MR) is 97.5 cm³/mol. The first-order chi connectivity index (χ1) is 12.2. The third kappa shape index (κ3) is 12.8.